The number of hydrogen-bond acceptors (Lipinski definition) is 1. The number of halogens is 2. The SMILES string of the molecule is C=CC1=C(P)C(C2=CCC(F)CC2F)=C(BC)CC1N1CCC(C)C1. The van der Waals surface area contributed by atoms with Crippen LogP contribution < -0.4 is 0 Å². The van der Waals surface area contributed by atoms with Crippen LogP contribution in [-0.4, -0.2) is 43.7 Å². The third-order valence-corrected chi connectivity index (χ3v) is 6.58. The van der Waals surface area contributed by atoms with Crippen LogP contribution in [0.3, 0.4) is 0 Å². The largest absolute Gasteiger partial charge is 0.296 e. The lowest BCUT2D eigenvalue weighted by molar-refractivity contribution is 0.230. The summed E-state index contributed by atoms with van der Waals surface area (Å²) in [4.78, 5) is 2.55. The molecule has 25 heavy (non-hydrogen) atoms. The Bertz CT molecular complexity index is 640. The van der Waals surface area contributed by atoms with E-state index in [1.54, 1.807) is 6.08 Å². The molecular formula is C20H29BF2NP. The molecule has 0 bridgehead atoms. The third kappa shape index (κ3) is 3.71. The van der Waals surface area contributed by atoms with Gasteiger partial charge in [-0.05, 0) is 53.8 Å². The number of allylic oxidation sites excluding steroid dienone is 4. The van der Waals surface area contributed by atoms with Crippen LogP contribution in [0.1, 0.15) is 32.6 Å². The van der Waals surface area contributed by atoms with Crippen molar-refractivity contribution in [1.29, 1.82) is 0 Å². The van der Waals surface area contributed by atoms with Crippen LogP contribution in [0.4, 0.5) is 8.78 Å². The highest BCUT2D eigenvalue weighted by molar-refractivity contribution is 7.23. The average Bonchev–Trinajstić information content (AvgIpc) is 3.01. The Balaban J connectivity index is 1.99. The molecule has 0 saturated carbocycles. The molecule has 5 heteroatoms. The molecule has 0 spiro atoms. The summed E-state index contributed by atoms with van der Waals surface area (Å²) in [5, 5.41) is 1.06. The Kier molecular flexibility index (Phi) is 6.01. The minimum absolute atomic E-state index is 0.0131. The van der Waals surface area contributed by atoms with E-state index in [4.69, 9.17) is 0 Å². The molecule has 0 aromatic rings. The lowest BCUT2D eigenvalue weighted by atomic mass is 9.63. The van der Waals surface area contributed by atoms with E-state index in [0.29, 0.717) is 18.0 Å². The van der Waals surface area contributed by atoms with Crippen molar-refractivity contribution in [2.24, 2.45) is 5.92 Å². The van der Waals surface area contributed by atoms with Gasteiger partial charge in [-0.3, -0.25) is 4.90 Å². The number of nitrogens with zero attached hydrogens (tertiary/aromatic N) is 1. The van der Waals surface area contributed by atoms with Gasteiger partial charge in [-0.25, -0.2) is 8.78 Å². The standard InChI is InChI=1S/C20H29BF2NP/c1-4-14-18(24-8-7-12(2)11-24)10-16(21-3)19(20(14)25)15-6-5-13(22)9-17(15)23/h4,6,12-13,17-18,21H,1,5,7-11,25H2,2-3H3. The first-order valence-corrected chi connectivity index (χ1v) is 10.1. The van der Waals surface area contributed by atoms with Gasteiger partial charge in [0.25, 0.3) is 0 Å². The molecule has 5 unspecified atom stereocenters. The fourth-order valence-corrected chi connectivity index (χ4v) is 5.23. The molecule has 1 nitrogen and oxygen atoms in total. The second-order valence-electron chi connectivity index (χ2n) is 7.71. The molecule has 136 valence electrons. The van der Waals surface area contributed by atoms with Gasteiger partial charge in [0.1, 0.15) is 19.6 Å². The molecular weight excluding hydrogens is 334 g/mol. The summed E-state index contributed by atoms with van der Waals surface area (Å²) >= 11 is 0. The monoisotopic (exact) mass is 363 g/mol. The van der Waals surface area contributed by atoms with E-state index in [1.165, 1.54) is 17.5 Å². The Morgan fingerprint density at radius 3 is 2.72 bits per heavy atom. The molecule has 1 fully saturated rings. The first kappa shape index (κ1) is 19.0. The summed E-state index contributed by atoms with van der Waals surface area (Å²) in [5.74, 6) is 0.729. The number of alkyl halides is 2. The van der Waals surface area contributed by atoms with E-state index in [0.717, 1.165) is 43.6 Å². The summed E-state index contributed by atoms with van der Waals surface area (Å²) in [6, 6.07) is 0.338. The summed E-state index contributed by atoms with van der Waals surface area (Å²) in [6.07, 6.45) is 3.95. The first-order valence-electron chi connectivity index (χ1n) is 9.53. The van der Waals surface area contributed by atoms with E-state index >= 15 is 0 Å². The van der Waals surface area contributed by atoms with Crippen LogP contribution in [0.25, 0.3) is 0 Å². The van der Waals surface area contributed by atoms with Crippen molar-refractivity contribution in [2.45, 2.75) is 57.8 Å². The fourth-order valence-electron chi connectivity index (χ4n) is 4.55. The van der Waals surface area contributed by atoms with Crippen molar-refractivity contribution in [3.63, 3.8) is 0 Å². The van der Waals surface area contributed by atoms with E-state index in [-0.39, 0.29) is 6.42 Å². The second-order valence-corrected chi connectivity index (χ2v) is 8.29. The van der Waals surface area contributed by atoms with Crippen molar-refractivity contribution in [2.75, 3.05) is 13.1 Å². The van der Waals surface area contributed by atoms with Crippen LogP contribution in [0.2, 0.25) is 6.82 Å². The molecule has 1 aliphatic heterocycles. The average molecular weight is 363 g/mol. The predicted octanol–water partition coefficient (Wildman–Crippen LogP) is 4.55. The highest BCUT2D eigenvalue weighted by atomic mass is 31.0. The quantitative estimate of drug-likeness (QED) is 0.523. The molecule has 1 heterocycles. The number of likely N-dealkylation sites (tertiary alicyclic amines) is 1. The summed E-state index contributed by atoms with van der Waals surface area (Å²) in [7, 11) is 3.74. The maximum atomic E-state index is 14.6. The Hall–Kier alpha value is -0.725. The molecule has 3 rings (SSSR count). The van der Waals surface area contributed by atoms with Gasteiger partial charge < -0.3 is 0 Å². The zero-order chi connectivity index (χ0) is 18.1. The van der Waals surface area contributed by atoms with E-state index in [2.05, 4.69) is 34.5 Å². The Morgan fingerprint density at radius 1 is 1.40 bits per heavy atom. The van der Waals surface area contributed by atoms with Gasteiger partial charge in [-0.2, -0.15) is 0 Å². The lowest BCUT2D eigenvalue weighted by Crippen LogP contribution is -2.38. The van der Waals surface area contributed by atoms with Crippen molar-refractivity contribution in [3.05, 3.63) is 46.2 Å². The van der Waals surface area contributed by atoms with Gasteiger partial charge in [0, 0.05) is 19.0 Å². The Morgan fingerprint density at radius 2 is 2.16 bits per heavy atom. The smallest absolute Gasteiger partial charge is 0.150 e. The highest BCUT2D eigenvalue weighted by Crippen LogP contribution is 2.44. The minimum atomic E-state index is -1.20. The maximum absolute atomic E-state index is 14.6. The van der Waals surface area contributed by atoms with Crippen molar-refractivity contribution in [1.82, 2.24) is 4.90 Å². The maximum Gasteiger partial charge on any atom is 0.150 e. The summed E-state index contributed by atoms with van der Waals surface area (Å²) in [5.41, 5.74) is 4.21. The van der Waals surface area contributed by atoms with Crippen molar-refractivity contribution >= 4 is 16.5 Å². The molecule has 2 aliphatic carbocycles. The van der Waals surface area contributed by atoms with Gasteiger partial charge in [0.05, 0.1) is 0 Å². The fraction of sp³-hybridized carbons (Fsp3) is 0.600. The molecule has 0 radical (unpaired) electrons. The summed E-state index contributed by atoms with van der Waals surface area (Å²) < 4.78 is 28.2. The second kappa shape index (κ2) is 7.88. The van der Waals surface area contributed by atoms with Crippen LogP contribution in [0.5, 0.6) is 0 Å². The normalized spacial score (nSPS) is 34.4. The molecule has 3 aliphatic rings. The zero-order valence-electron chi connectivity index (χ0n) is 15.4. The van der Waals surface area contributed by atoms with E-state index in [9.17, 15) is 8.78 Å². The van der Waals surface area contributed by atoms with Crippen molar-refractivity contribution < 1.29 is 8.78 Å². The molecule has 0 N–H and O–H groups in total. The van der Waals surface area contributed by atoms with Gasteiger partial charge in [0.15, 0.2) is 0 Å². The Labute approximate surface area is 153 Å². The lowest BCUT2D eigenvalue weighted by Gasteiger charge is -2.37. The minimum Gasteiger partial charge on any atom is -0.296 e. The van der Waals surface area contributed by atoms with E-state index in [1.807, 2.05) is 6.08 Å². The predicted molar refractivity (Wildman–Crippen MR) is 108 cm³/mol. The van der Waals surface area contributed by atoms with Gasteiger partial charge in [-0.15, -0.1) is 9.24 Å². The molecule has 0 aromatic heterocycles. The number of hydrogen-bond donors (Lipinski definition) is 0. The van der Waals surface area contributed by atoms with Crippen LogP contribution in [0, 0.1) is 5.92 Å². The van der Waals surface area contributed by atoms with Gasteiger partial charge >= 0.3 is 0 Å². The van der Waals surface area contributed by atoms with Gasteiger partial charge in [0.2, 0.25) is 0 Å². The molecule has 0 aromatic carbocycles. The zero-order valence-corrected chi connectivity index (χ0v) is 16.6. The molecule has 5 atom stereocenters. The third-order valence-electron chi connectivity index (χ3n) is 5.96. The van der Waals surface area contributed by atoms with Crippen LogP contribution in [0.15, 0.2) is 46.2 Å². The highest BCUT2D eigenvalue weighted by Gasteiger charge is 2.36. The molecule has 0 amide bonds. The van der Waals surface area contributed by atoms with Crippen LogP contribution in [-0.2, 0) is 0 Å². The van der Waals surface area contributed by atoms with Gasteiger partial charge in [-0.1, -0.05) is 38.0 Å². The first-order chi connectivity index (χ1) is 12.0. The molecule has 1 saturated heterocycles. The van der Waals surface area contributed by atoms with Crippen molar-refractivity contribution in [3.8, 4) is 0 Å². The van der Waals surface area contributed by atoms with E-state index < -0.39 is 12.3 Å². The topological polar surface area (TPSA) is 3.24 Å². The van der Waals surface area contributed by atoms with Crippen LogP contribution >= 0.6 is 9.24 Å². The summed E-state index contributed by atoms with van der Waals surface area (Å²) in [6.45, 7) is 10.7. The number of rotatable bonds is 4.